The summed E-state index contributed by atoms with van der Waals surface area (Å²) < 4.78 is 15.5. The molecule has 0 saturated carbocycles. The van der Waals surface area contributed by atoms with Crippen LogP contribution in [0.5, 0.6) is 11.5 Å². The highest BCUT2D eigenvalue weighted by Crippen LogP contribution is 2.35. The molecule has 20 heavy (non-hydrogen) atoms. The van der Waals surface area contributed by atoms with E-state index in [9.17, 15) is 4.79 Å². The summed E-state index contributed by atoms with van der Waals surface area (Å²) in [5.41, 5.74) is 0.707. The van der Waals surface area contributed by atoms with Crippen molar-refractivity contribution in [2.24, 2.45) is 0 Å². The van der Waals surface area contributed by atoms with Crippen molar-refractivity contribution in [3.05, 3.63) is 23.8 Å². The van der Waals surface area contributed by atoms with Gasteiger partial charge in [0.05, 0.1) is 21.3 Å². The maximum atomic E-state index is 12.1. The fourth-order valence-electron chi connectivity index (χ4n) is 1.94. The first-order valence-corrected chi connectivity index (χ1v) is 6.63. The van der Waals surface area contributed by atoms with Gasteiger partial charge in [-0.3, -0.25) is 5.32 Å². The zero-order chi connectivity index (χ0) is 15.1. The summed E-state index contributed by atoms with van der Waals surface area (Å²) in [5, 5.41) is 3.25. The molecule has 0 aliphatic carbocycles. The Morgan fingerprint density at radius 3 is 2.45 bits per heavy atom. The van der Waals surface area contributed by atoms with Gasteiger partial charge in [-0.05, 0) is 19.4 Å². The van der Waals surface area contributed by atoms with Gasteiger partial charge in [-0.25, -0.2) is 4.79 Å². The summed E-state index contributed by atoms with van der Waals surface area (Å²) in [7, 11) is 4.50. The molecular weight excluding hydrogens is 258 g/mol. The largest absolute Gasteiger partial charge is 0.493 e. The van der Waals surface area contributed by atoms with E-state index < -0.39 is 6.04 Å². The molecule has 0 bridgehead atoms. The molecule has 0 fully saturated rings. The van der Waals surface area contributed by atoms with E-state index in [0.29, 0.717) is 17.1 Å². The number of esters is 1. The highest BCUT2D eigenvalue weighted by atomic mass is 16.5. The normalized spacial score (nSPS) is 13.4. The first kappa shape index (κ1) is 16.3. The summed E-state index contributed by atoms with van der Waals surface area (Å²) in [5.74, 6) is 0.780. The van der Waals surface area contributed by atoms with Crippen LogP contribution in [0.2, 0.25) is 0 Å². The predicted molar refractivity (Wildman–Crippen MR) is 77.2 cm³/mol. The van der Waals surface area contributed by atoms with Gasteiger partial charge in [0.15, 0.2) is 11.5 Å². The molecule has 0 aliphatic rings. The third kappa shape index (κ3) is 3.63. The van der Waals surface area contributed by atoms with Crippen molar-refractivity contribution in [1.82, 2.24) is 5.32 Å². The van der Waals surface area contributed by atoms with Gasteiger partial charge < -0.3 is 14.2 Å². The van der Waals surface area contributed by atoms with Gasteiger partial charge in [-0.1, -0.05) is 19.1 Å². The van der Waals surface area contributed by atoms with Crippen LogP contribution >= 0.6 is 0 Å². The molecule has 1 rings (SSSR count). The van der Waals surface area contributed by atoms with E-state index in [1.807, 2.05) is 19.1 Å². The van der Waals surface area contributed by atoms with Crippen molar-refractivity contribution >= 4 is 5.97 Å². The van der Waals surface area contributed by atoms with Gasteiger partial charge >= 0.3 is 5.97 Å². The van der Waals surface area contributed by atoms with Gasteiger partial charge in [-0.15, -0.1) is 0 Å². The van der Waals surface area contributed by atoms with Crippen LogP contribution in [0.25, 0.3) is 0 Å². The second-order valence-corrected chi connectivity index (χ2v) is 4.51. The molecule has 0 saturated heterocycles. The zero-order valence-corrected chi connectivity index (χ0v) is 12.7. The van der Waals surface area contributed by atoms with E-state index in [2.05, 4.69) is 12.2 Å². The molecule has 1 N–H and O–H groups in total. The van der Waals surface area contributed by atoms with Crippen molar-refractivity contribution in [3.8, 4) is 11.5 Å². The first-order chi connectivity index (χ1) is 9.58. The Labute approximate surface area is 120 Å². The number of rotatable bonds is 7. The second kappa shape index (κ2) is 7.75. The predicted octanol–water partition coefficient (Wildman–Crippen LogP) is 2.31. The number of carbonyl (C=O) groups is 1. The molecule has 0 heterocycles. The summed E-state index contributed by atoms with van der Waals surface area (Å²) in [6.07, 6.45) is 0.903. The molecule has 112 valence electrons. The molecular formula is C15H23NO4. The molecule has 1 aromatic rings. The first-order valence-electron chi connectivity index (χ1n) is 6.63. The third-order valence-corrected chi connectivity index (χ3v) is 3.24. The molecule has 5 nitrogen and oxygen atoms in total. The van der Waals surface area contributed by atoms with E-state index >= 15 is 0 Å². The van der Waals surface area contributed by atoms with Crippen LogP contribution in [0.15, 0.2) is 18.2 Å². The SMILES string of the molecule is CCC(C)NC(C(=O)OC)c1cccc(OC)c1OC. The Hall–Kier alpha value is -1.75. The van der Waals surface area contributed by atoms with Crippen LogP contribution in [-0.2, 0) is 9.53 Å². The van der Waals surface area contributed by atoms with Crippen LogP contribution in [0, 0.1) is 0 Å². The molecule has 0 aromatic heterocycles. The summed E-state index contributed by atoms with van der Waals surface area (Å²) >= 11 is 0. The number of hydrogen-bond donors (Lipinski definition) is 1. The van der Waals surface area contributed by atoms with Crippen molar-refractivity contribution in [2.45, 2.75) is 32.4 Å². The fraction of sp³-hybridized carbons (Fsp3) is 0.533. The molecule has 2 unspecified atom stereocenters. The van der Waals surface area contributed by atoms with Crippen LogP contribution in [0.4, 0.5) is 0 Å². The molecule has 0 aliphatic heterocycles. The van der Waals surface area contributed by atoms with E-state index in [-0.39, 0.29) is 12.0 Å². The Kier molecular flexibility index (Phi) is 6.31. The quantitative estimate of drug-likeness (QED) is 0.777. The minimum absolute atomic E-state index is 0.176. The highest BCUT2D eigenvalue weighted by molar-refractivity contribution is 5.79. The molecule has 5 heteroatoms. The Bertz CT molecular complexity index is 447. The maximum absolute atomic E-state index is 12.1. The third-order valence-electron chi connectivity index (χ3n) is 3.24. The number of nitrogens with one attached hydrogen (secondary N) is 1. The van der Waals surface area contributed by atoms with Gasteiger partial charge in [-0.2, -0.15) is 0 Å². The average molecular weight is 281 g/mol. The van der Waals surface area contributed by atoms with Gasteiger partial charge in [0, 0.05) is 11.6 Å². The maximum Gasteiger partial charge on any atom is 0.327 e. The molecule has 0 radical (unpaired) electrons. The smallest absolute Gasteiger partial charge is 0.327 e. The van der Waals surface area contributed by atoms with Crippen molar-refractivity contribution in [2.75, 3.05) is 21.3 Å². The number of para-hydroxylation sites is 1. The Morgan fingerprint density at radius 2 is 1.95 bits per heavy atom. The second-order valence-electron chi connectivity index (χ2n) is 4.51. The van der Waals surface area contributed by atoms with Crippen molar-refractivity contribution in [3.63, 3.8) is 0 Å². The van der Waals surface area contributed by atoms with Gasteiger partial charge in [0.1, 0.15) is 6.04 Å². The summed E-state index contributed by atoms with van der Waals surface area (Å²) in [6.45, 7) is 4.07. The highest BCUT2D eigenvalue weighted by Gasteiger charge is 2.27. The molecule has 1 aromatic carbocycles. The number of methoxy groups -OCH3 is 3. The lowest BCUT2D eigenvalue weighted by Crippen LogP contribution is -2.36. The van der Waals surface area contributed by atoms with Crippen LogP contribution in [-0.4, -0.2) is 33.3 Å². The molecule has 0 spiro atoms. The standard InChI is InChI=1S/C15H23NO4/c1-6-10(2)16-13(15(17)20-5)11-8-7-9-12(18-3)14(11)19-4/h7-10,13,16H,6H2,1-5H3. The monoisotopic (exact) mass is 281 g/mol. The topological polar surface area (TPSA) is 56.8 Å². The number of hydrogen-bond acceptors (Lipinski definition) is 5. The van der Waals surface area contributed by atoms with Crippen molar-refractivity contribution in [1.29, 1.82) is 0 Å². The van der Waals surface area contributed by atoms with E-state index in [1.165, 1.54) is 7.11 Å². The minimum atomic E-state index is -0.583. The number of benzene rings is 1. The molecule has 0 amide bonds. The summed E-state index contributed by atoms with van der Waals surface area (Å²) in [6, 6.07) is 5.04. The van der Waals surface area contributed by atoms with Gasteiger partial charge in [0.25, 0.3) is 0 Å². The van der Waals surface area contributed by atoms with E-state index in [4.69, 9.17) is 14.2 Å². The van der Waals surface area contributed by atoms with E-state index in [0.717, 1.165) is 6.42 Å². The minimum Gasteiger partial charge on any atom is -0.493 e. The van der Waals surface area contributed by atoms with Gasteiger partial charge in [0.2, 0.25) is 0 Å². The number of ether oxygens (including phenoxy) is 3. The van der Waals surface area contributed by atoms with Crippen LogP contribution in [0.3, 0.4) is 0 Å². The zero-order valence-electron chi connectivity index (χ0n) is 12.7. The lowest BCUT2D eigenvalue weighted by atomic mass is 10.0. The summed E-state index contributed by atoms with van der Waals surface area (Å²) in [4.78, 5) is 12.1. The Morgan fingerprint density at radius 1 is 1.25 bits per heavy atom. The van der Waals surface area contributed by atoms with Crippen LogP contribution in [0.1, 0.15) is 31.9 Å². The fourth-order valence-corrected chi connectivity index (χ4v) is 1.94. The lowest BCUT2D eigenvalue weighted by molar-refractivity contribution is -0.143. The lowest BCUT2D eigenvalue weighted by Gasteiger charge is -2.23. The Balaban J connectivity index is 3.22. The van der Waals surface area contributed by atoms with E-state index in [1.54, 1.807) is 20.3 Å². The number of carbonyl (C=O) groups excluding carboxylic acids is 1. The molecule has 2 atom stereocenters. The van der Waals surface area contributed by atoms with Crippen molar-refractivity contribution < 1.29 is 19.0 Å². The average Bonchev–Trinajstić information content (AvgIpc) is 2.50. The van der Waals surface area contributed by atoms with Crippen LogP contribution < -0.4 is 14.8 Å².